The molecule has 1 aliphatic heterocycles. The molecule has 0 aromatic heterocycles. The number of rotatable bonds is 3. The van der Waals surface area contributed by atoms with Gasteiger partial charge in [-0.2, -0.15) is 0 Å². The number of amides is 1. The predicted octanol–water partition coefficient (Wildman–Crippen LogP) is 2.91. The van der Waals surface area contributed by atoms with Gasteiger partial charge in [0.15, 0.2) is 0 Å². The first-order chi connectivity index (χ1) is 9.02. The molecule has 1 unspecified atom stereocenters. The number of benzene rings is 1. The van der Waals surface area contributed by atoms with Crippen molar-refractivity contribution < 1.29 is 14.3 Å². The molecule has 0 spiro atoms. The Morgan fingerprint density at radius 2 is 2.21 bits per heavy atom. The molecule has 0 saturated carbocycles. The van der Waals surface area contributed by atoms with Crippen LogP contribution < -0.4 is 4.90 Å². The Balaban J connectivity index is 2.18. The van der Waals surface area contributed by atoms with Crippen molar-refractivity contribution in [1.82, 2.24) is 0 Å². The van der Waals surface area contributed by atoms with Crippen LogP contribution in [0.15, 0.2) is 18.2 Å². The molecule has 1 aromatic carbocycles. The molecule has 1 heterocycles. The molecule has 4 nitrogen and oxygen atoms in total. The highest BCUT2D eigenvalue weighted by molar-refractivity contribution is 6.36. The molecule has 1 fully saturated rings. The van der Waals surface area contributed by atoms with Gasteiger partial charge in [-0.15, -0.1) is 0 Å². The highest BCUT2D eigenvalue weighted by Crippen LogP contribution is 2.33. The summed E-state index contributed by atoms with van der Waals surface area (Å²) in [5.41, 5.74) is 0.572. The fourth-order valence-corrected chi connectivity index (χ4v) is 2.57. The van der Waals surface area contributed by atoms with E-state index in [0.29, 0.717) is 28.9 Å². The van der Waals surface area contributed by atoms with Gasteiger partial charge in [0, 0.05) is 18.0 Å². The van der Waals surface area contributed by atoms with Gasteiger partial charge in [-0.25, -0.2) is 0 Å². The highest BCUT2D eigenvalue weighted by atomic mass is 35.5. The summed E-state index contributed by atoms with van der Waals surface area (Å²) in [6.07, 6.45) is 0.151. The average molecular weight is 302 g/mol. The maximum Gasteiger partial charge on any atom is 0.311 e. The standard InChI is InChI=1S/C13H13Cl2NO3/c1-2-19-13(18)8-5-12(17)16(7-8)11-4-3-9(14)6-10(11)15/h3-4,6,8H,2,5,7H2,1H3. The molecule has 0 N–H and O–H groups in total. The van der Waals surface area contributed by atoms with Gasteiger partial charge in [0.05, 0.1) is 23.2 Å². The van der Waals surface area contributed by atoms with Crippen molar-refractivity contribution in [3.8, 4) is 0 Å². The van der Waals surface area contributed by atoms with Gasteiger partial charge in [0.25, 0.3) is 0 Å². The summed E-state index contributed by atoms with van der Waals surface area (Å²) in [5, 5.41) is 0.896. The van der Waals surface area contributed by atoms with E-state index in [1.165, 1.54) is 4.90 Å². The van der Waals surface area contributed by atoms with E-state index in [1.807, 2.05) is 0 Å². The topological polar surface area (TPSA) is 46.6 Å². The van der Waals surface area contributed by atoms with Crippen LogP contribution in [0.25, 0.3) is 0 Å². The van der Waals surface area contributed by atoms with Crippen molar-refractivity contribution >= 4 is 40.8 Å². The third-order valence-corrected chi connectivity index (χ3v) is 3.48. The molecule has 1 aliphatic rings. The monoisotopic (exact) mass is 301 g/mol. The Morgan fingerprint density at radius 1 is 1.47 bits per heavy atom. The summed E-state index contributed by atoms with van der Waals surface area (Å²) in [7, 11) is 0. The number of halogens is 2. The zero-order chi connectivity index (χ0) is 14.0. The van der Waals surface area contributed by atoms with E-state index < -0.39 is 5.92 Å². The van der Waals surface area contributed by atoms with Crippen molar-refractivity contribution in [2.24, 2.45) is 5.92 Å². The van der Waals surface area contributed by atoms with Crippen LogP contribution in [0.5, 0.6) is 0 Å². The number of nitrogens with zero attached hydrogens (tertiary/aromatic N) is 1. The van der Waals surface area contributed by atoms with Crippen molar-refractivity contribution in [3.63, 3.8) is 0 Å². The van der Waals surface area contributed by atoms with Crippen LogP contribution in [0, 0.1) is 5.92 Å². The number of carbonyl (C=O) groups excluding carboxylic acids is 2. The Morgan fingerprint density at radius 3 is 2.84 bits per heavy atom. The van der Waals surface area contributed by atoms with Crippen molar-refractivity contribution in [2.45, 2.75) is 13.3 Å². The molecule has 1 aromatic rings. The molecule has 6 heteroatoms. The summed E-state index contributed by atoms with van der Waals surface area (Å²) in [6, 6.07) is 4.91. The first-order valence-electron chi connectivity index (χ1n) is 5.95. The lowest BCUT2D eigenvalue weighted by atomic mass is 10.1. The minimum absolute atomic E-state index is 0.137. The van der Waals surface area contributed by atoms with Gasteiger partial charge in [-0.1, -0.05) is 23.2 Å². The fourth-order valence-electron chi connectivity index (χ4n) is 2.06. The summed E-state index contributed by atoms with van der Waals surface area (Å²) in [6.45, 7) is 2.34. The predicted molar refractivity (Wildman–Crippen MR) is 73.6 cm³/mol. The van der Waals surface area contributed by atoms with E-state index in [-0.39, 0.29) is 18.3 Å². The smallest absolute Gasteiger partial charge is 0.311 e. The Bertz CT molecular complexity index is 519. The molecule has 0 bridgehead atoms. The van der Waals surface area contributed by atoms with E-state index >= 15 is 0 Å². The highest BCUT2D eigenvalue weighted by Gasteiger charge is 2.36. The molecular formula is C13H13Cl2NO3. The number of hydrogen-bond donors (Lipinski definition) is 0. The summed E-state index contributed by atoms with van der Waals surface area (Å²) >= 11 is 11.9. The molecular weight excluding hydrogens is 289 g/mol. The van der Waals surface area contributed by atoms with Gasteiger partial charge in [0.2, 0.25) is 5.91 Å². The van der Waals surface area contributed by atoms with Crippen molar-refractivity contribution in [3.05, 3.63) is 28.2 Å². The third-order valence-electron chi connectivity index (χ3n) is 2.95. The molecule has 19 heavy (non-hydrogen) atoms. The quantitative estimate of drug-likeness (QED) is 0.807. The molecule has 2 rings (SSSR count). The minimum Gasteiger partial charge on any atom is -0.466 e. The number of anilines is 1. The van der Waals surface area contributed by atoms with Gasteiger partial charge in [-0.05, 0) is 25.1 Å². The van der Waals surface area contributed by atoms with Gasteiger partial charge in [-0.3, -0.25) is 9.59 Å². The number of esters is 1. The second-order valence-electron chi connectivity index (χ2n) is 4.25. The molecule has 1 atom stereocenters. The maximum absolute atomic E-state index is 12.0. The first kappa shape index (κ1) is 14.2. The van der Waals surface area contributed by atoms with Crippen LogP contribution in [0.3, 0.4) is 0 Å². The second kappa shape index (κ2) is 5.80. The molecule has 1 amide bonds. The van der Waals surface area contributed by atoms with E-state index in [9.17, 15) is 9.59 Å². The lowest BCUT2D eigenvalue weighted by Gasteiger charge is -2.18. The van der Waals surface area contributed by atoms with E-state index in [1.54, 1.807) is 25.1 Å². The van der Waals surface area contributed by atoms with Gasteiger partial charge >= 0.3 is 5.97 Å². The van der Waals surface area contributed by atoms with Crippen molar-refractivity contribution in [2.75, 3.05) is 18.1 Å². The molecule has 0 aliphatic carbocycles. The Hall–Kier alpha value is -1.26. The second-order valence-corrected chi connectivity index (χ2v) is 5.10. The fraction of sp³-hybridized carbons (Fsp3) is 0.385. The van der Waals surface area contributed by atoms with Crippen LogP contribution in [0.1, 0.15) is 13.3 Å². The largest absolute Gasteiger partial charge is 0.466 e. The minimum atomic E-state index is -0.431. The SMILES string of the molecule is CCOC(=O)C1CC(=O)N(c2ccc(Cl)cc2Cl)C1. The molecule has 0 radical (unpaired) electrons. The van der Waals surface area contributed by atoms with Gasteiger partial charge < -0.3 is 9.64 Å². The molecule has 1 saturated heterocycles. The number of carbonyl (C=O) groups is 2. The van der Waals surface area contributed by atoms with E-state index in [4.69, 9.17) is 27.9 Å². The molecule has 102 valence electrons. The normalized spacial score (nSPS) is 18.8. The summed E-state index contributed by atoms with van der Waals surface area (Å²) in [5.74, 6) is -0.912. The lowest BCUT2D eigenvalue weighted by molar-refractivity contribution is -0.147. The van der Waals surface area contributed by atoms with Crippen LogP contribution >= 0.6 is 23.2 Å². The average Bonchev–Trinajstić information content (AvgIpc) is 2.72. The van der Waals surface area contributed by atoms with Crippen LogP contribution in [0.4, 0.5) is 5.69 Å². The lowest BCUT2D eigenvalue weighted by Crippen LogP contribution is -2.26. The third kappa shape index (κ3) is 3.01. The maximum atomic E-state index is 12.0. The Kier molecular flexibility index (Phi) is 4.32. The zero-order valence-electron chi connectivity index (χ0n) is 10.4. The van der Waals surface area contributed by atoms with E-state index in [0.717, 1.165) is 0 Å². The van der Waals surface area contributed by atoms with Gasteiger partial charge in [0.1, 0.15) is 0 Å². The first-order valence-corrected chi connectivity index (χ1v) is 6.70. The number of hydrogen-bond acceptors (Lipinski definition) is 3. The zero-order valence-corrected chi connectivity index (χ0v) is 11.9. The summed E-state index contributed by atoms with van der Waals surface area (Å²) in [4.78, 5) is 25.1. The van der Waals surface area contributed by atoms with E-state index in [2.05, 4.69) is 0 Å². The van der Waals surface area contributed by atoms with Crippen LogP contribution in [0.2, 0.25) is 10.0 Å². The van der Waals surface area contributed by atoms with Crippen LogP contribution in [-0.4, -0.2) is 25.0 Å². The number of ether oxygens (including phenoxy) is 1. The van der Waals surface area contributed by atoms with Crippen LogP contribution in [-0.2, 0) is 14.3 Å². The summed E-state index contributed by atoms with van der Waals surface area (Å²) < 4.78 is 4.94. The van der Waals surface area contributed by atoms with Crippen molar-refractivity contribution in [1.29, 1.82) is 0 Å². The Labute approximate surface area is 121 Å².